The number of primary amides is 1. The average molecular weight is 493 g/mol. The molecule has 2 aromatic heterocycles. The van der Waals surface area contributed by atoms with Gasteiger partial charge < -0.3 is 25.1 Å². The lowest BCUT2D eigenvalue weighted by Gasteiger charge is -2.11. The van der Waals surface area contributed by atoms with Crippen LogP contribution in [-0.2, 0) is 14.3 Å². The van der Waals surface area contributed by atoms with Crippen molar-refractivity contribution in [3.8, 4) is 17.5 Å². The summed E-state index contributed by atoms with van der Waals surface area (Å²) in [5, 5.41) is 13.8. The SMILES string of the molecule is CCOc1ccc(-n2c(C)cc(/C=C(\C#N)C(=O)OCC(=O)Nc3sccc3C(N)=O)c2C)cc1. The van der Waals surface area contributed by atoms with E-state index in [1.54, 1.807) is 5.38 Å². The van der Waals surface area contributed by atoms with E-state index in [0.29, 0.717) is 12.2 Å². The van der Waals surface area contributed by atoms with E-state index in [4.69, 9.17) is 15.2 Å². The first-order valence-corrected chi connectivity index (χ1v) is 11.5. The molecule has 2 heterocycles. The smallest absolute Gasteiger partial charge is 0.349 e. The van der Waals surface area contributed by atoms with Crippen molar-refractivity contribution < 1.29 is 23.9 Å². The van der Waals surface area contributed by atoms with Crippen LogP contribution in [0, 0.1) is 25.2 Å². The van der Waals surface area contributed by atoms with Crippen molar-refractivity contribution in [1.82, 2.24) is 4.57 Å². The summed E-state index contributed by atoms with van der Waals surface area (Å²) < 4.78 is 12.5. The molecule has 0 fully saturated rings. The Bertz CT molecular complexity index is 1330. The highest BCUT2D eigenvalue weighted by molar-refractivity contribution is 7.14. The van der Waals surface area contributed by atoms with E-state index in [2.05, 4.69) is 5.32 Å². The number of thiophene rings is 1. The number of benzene rings is 1. The van der Waals surface area contributed by atoms with Gasteiger partial charge in [-0.25, -0.2) is 4.79 Å². The van der Waals surface area contributed by atoms with Gasteiger partial charge in [-0.15, -0.1) is 11.3 Å². The van der Waals surface area contributed by atoms with E-state index in [-0.39, 0.29) is 16.1 Å². The molecule has 1 aromatic carbocycles. The van der Waals surface area contributed by atoms with Crippen LogP contribution in [0.1, 0.15) is 34.2 Å². The molecule has 3 aromatic rings. The first-order chi connectivity index (χ1) is 16.7. The van der Waals surface area contributed by atoms with Gasteiger partial charge in [-0.2, -0.15) is 5.26 Å². The first kappa shape index (κ1) is 25.3. The number of ether oxygens (including phenoxy) is 2. The molecule has 0 saturated heterocycles. The van der Waals surface area contributed by atoms with E-state index in [1.807, 2.05) is 61.7 Å². The molecule has 0 spiro atoms. The molecule has 0 aliphatic heterocycles. The monoisotopic (exact) mass is 492 g/mol. The number of carbonyl (C=O) groups excluding carboxylic acids is 3. The Morgan fingerprint density at radius 3 is 2.54 bits per heavy atom. The second kappa shape index (κ2) is 11.2. The van der Waals surface area contributed by atoms with Crippen LogP contribution in [0.2, 0.25) is 0 Å². The molecular weight excluding hydrogens is 468 g/mol. The largest absolute Gasteiger partial charge is 0.494 e. The third-order valence-electron chi connectivity index (χ3n) is 5.03. The lowest BCUT2D eigenvalue weighted by atomic mass is 10.1. The Morgan fingerprint density at radius 1 is 1.20 bits per heavy atom. The molecule has 0 radical (unpaired) electrons. The molecule has 9 nitrogen and oxygen atoms in total. The molecule has 2 amide bonds. The van der Waals surface area contributed by atoms with E-state index in [9.17, 15) is 19.6 Å². The van der Waals surface area contributed by atoms with Crippen molar-refractivity contribution in [3.05, 3.63) is 69.9 Å². The van der Waals surface area contributed by atoms with Gasteiger partial charge in [0, 0.05) is 17.1 Å². The van der Waals surface area contributed by atoms with Gasteiger partial charge in [0.15, 0.2) is 6.61 Å². The number of nitrogens with two attached hydrogens (primary N) is 1. The fourth-order valence-corrected chi connectivity index (χ4v) is 4.26. The predicted molar refractivity (Wildman–Crippen MR) is 132 cm³/mol. The maximum absolute atomic E-state index is 12.4. The number of hydrogen-bond donors (Lipinski definition) is 2. The van der Waals surface area contributed by atoms with Crippen LogP contribution >= 0.6 is 11.3 Å². The summed E-state index contributed by atoms with van der Waals surface area (Å²) >= 11 is 1.11. The summed E-state index contributed by atoms with van der Waals surface area (Å²) in [6.07, 6.45) is 1.43. The Hall–Kier alpha value is -4.36. The number of rotatable bonds is 9. The number of hydrogen-bond acceptors (Lipinski definition) is 7. The fourth-order valence-electron chi connectivity index (χ4n) is 3.45. The second-order valence-electron chi connectivity index (χ2n) is 7.41. The van der Waals surface area contributed by atoms with E-state index >= 15 is 0 Å². The number of nitrogens with one attached hydrogen (secondary N) is 1. The van der Waals surface area contributed by atoms with Crippen molar-refractivity contribution in [1.29, 1.82) is 5.26 Å². The molecule has 0 bridgehead atoms. The molecule has 0 saturated carbocycles. The Balaban J connectivity index is 1.72. The van der Waals surface area contributed by atoms with E-state index in [1.165, 1.54) is 12.1 Å². The van der Waals surface area contributed by atoms with Crippen molar-refractivity contribution in [2.24, 2.45) is 5.73 Å². The summed E-state index contributed by atoms with van der Waals surface area (Å²) in [6, 6.07) is 12.8. The van der Waals surface area contributed by atoms with Gasteiger partial charge >= 0.3 is 5.97 Å². The van der Waals surface area contributed by atoms with Crippen LogP contribution in [0.5, 0.6) is 5.75 Å². The minimum absolute atomic E-state index is 0.162. The van der Waals surface area contributed by atoms with Crippen LogP contribution in [0.4, 0.5) is 5.00 Å². The summed E-state index contributed by atoms with van der Waals surface area (Å²) in [5.41, 5.74) is 8.46. The number of amides is 2. The second-order valence-corrected chi connectivity index (χ2v) is 8.33. The molecule has 35 heavy (non-hydrogen) atoms. The van der Waals surface area contributed by atoms with Crippen molar-refractivity contribution in [3.63, 3.8) is 0 Å². The molecule has 3 N–H and O–H groups in total. The van der Waals surface area contributed by atoms with Gasteiger partial charge in [-0.1, -0.05) is 0 Å². The highest BCUT2D eigenvalue weighted by atomic mass is 32.1. The standard InChI is InChI=1S/C25H24N4O5S/c1-4-33-20-7-5-19(6-8-20)29-15(2)11-17(16(29)3)12-18(13-26)25(32)34-14-22(30)28-24-21(23(27)31)9-10-35-24/h5-12H,4,14H2,1-3H3,(H2,27,31)(H,28,30)/b18-12+. The lowest BCUT2D eigenvalue weighted by molar-refractivity contribution is -0.142. The Morgan fingerprint density at radius 2 is 1.91 bits per heavy atom. The number of aromatic nitrogens is 1. The maximum Gasteiger partial charge on any atom is 0.349 e. The van der Waals surface area contributed by atoms with Gasteiger partial charge in [0.05, 0.1) is 12.2 Å². The normalized spacial score (nSPS) is 11.0. The average Bonchev–Trinajstić information content (AvgIpc) is 3.40. The van der Waals surface area contributed by atoms with Crippen LogP contribution in [0.15, 0.2) is 47.4 Å². The van der Waals surface area contributed by atoms with Crippen LogP contribution in [-0.4, -0.2) is 35.6 Å². The summed E-state index contributed by atoms with van der Waals surface area (Å²) in [7, 11) is 0. The molecule has 10 heteroatoms. The third kappa shape index (κ3) is 5.96. The summed E-state index contributed by atoms with van der Waals surface area (Å²) in [4.78, 5) is 35.9. The predicted octanol–water partition coefficient (Wildman–Crippen LogP) is 3.74. The summed E-state index contributed by atoms with van der Waals surface area (Å²) in [6.45, 7) is 5.66. The van der Waals surface area contributed by atoms with Gasteiger partial charge in [-0.05, 0) is 74.2 Å². The first-order valence-electron chi connectivity index (χ1n) is 10.6. The van der Waals surface area contributed by atoms with Gasteiger partial charge in [0.2, 0.25) is 0 Å². The fraction of sp³-hybridized carbons (Fsp3) is 0.200. The van der Waals surface area contributed by atoms with Crippen LogP contribution < -0.4 is 15.8 Å². The van der Waals surface area contributed by atoms with Crippen LogP contribution in [0.3, 0.4) is 0 Å². The number of nitrogens with zero attached hydrogens (tertiary/aromatic N) is 2. The Labute approximate surface area is 206 Å². The van der Waals surface area contributed by atoms with Gasteiger partial charge in [-0.3, -0.25) is 9.59 Å². The number of nitriles is 1. The zero-order valence-corrected chi connectivity index (χ0v) is 20.3. The quantitative estimate of drug-likeness (QED) is 0.265. The van der Waals surface area contributed by atoms with Crippen LogP contribution in [0.25, 0.3) is 11.8 Å². The highest BCUT2D eigenvalue weighted by Crippen LogP contribution is 2.25. The summed E-state index contributed by atoms with van der Waals surface area (Å²) in [5.74, 6) is -1.51. The Kier molecular flexibility index (Phi) is 8.07. The molecular formula is C25H24N4O5S. The van der Waals surface area contributed by atoms with E-state index in [0.717, 1.165) is 34.2 Å². The maximum atomic E-state index is 12.4. The highest BCUT2D eigenvalue weighted by Gasteiger charge is 2.18. The minimum atomic E-state index is -0.935. The number of anilines is 1. The number of carbonyl (C=O) groups is 3. The molecule has 3 rings (SSSR count). The third-order valence-corrected chi connectivity index (χ3v) is 5.86. The molecule has 0 aliphatic rings. The number of aryl methyl sites for hydroxylation is 1. The van der Waals surface area contributed by atoms with E-state index < -0.39 is 24.4 Å². The minimum Gasteiger partial charge on any atom is -0.494 e. The van der Waals surface area contributed by atoms with Crippen molar-refractivity contribution in [2.45, 2.75) is 20.8 Å². The lowest BCUT2D eigenvalue weighted by Crippen LogP contribution is -2.22. The van der Waals surface area contributed by atoms with Gasteiger partial charge in [0.1, 0.15) is 22.4 Å². The molecule has 0 aliphatic carbocycles. The topological polar surface area (TPSA) is 136 Å². The van der Waals surface area contributed by atoms with Crippen molar-refractivity contribution >= 4 is 40.2 Å². The molecule has 180 valence electrons. The van der Waals surface area contributed by atoms with Crippen molar-refractivity contribution in [2.75, 3.05) is 18.5 Å². The zero-order chi connectivity index (χ0) is 25.5. The molecule has 0 atom stereocenters. The zero-order valence-electron chi connectivity index (χ0n) is 19.5. The molecule has 0 unspecified atom stereocenters. The number of esters is 1. The van der Waals surface area contributed by atoms with Gasteiger partial charge in [0.25, 0.3) is 11.8 Å².